The Morgan fingerprint density at radius 1 is 1.33 bits per heavy atom. The highest BCUT2D eigenvalue weighted by atomic mass is 35.5. The van der Waals surface area contributed by atoms with Crippen molar-refractivity contribution in [1.29, 1.82) is 0 Å². The van der Waals surface area contributed by atoms with E-state index in [0.717, 1.165) is 10.3 Å². The zero-order chi connectivity index (χ0) is 15.0. The Balaban J connectivity index is 1.98. The Labute approximate surface area is 130 Å². The highest BCUT2D eigenvalue weighted by molar-refractivity contribution is 7.16. The van der Waals surface area contributed by atoms with Crippen LogP contribution >= 0.6 is 22.9 Å². The first-order valence-corrected chi connectivity index (χ1v) is 7.51. The maximum atomic E-state index is 12.3. The van der Waals surface area contributed by atoms with Crippen LogP contribution in [0.5, 0.6) is 0 Å². The van der Waals surface area contributed by atoms with Gasteiger partial charge in [-0.3, -0.25) is 4.79 Å². The number of nitrogens with zero attached hydrogens (tertiary/aromatic N) is 1. The molecule has 1 amide bonds. The Kier molecular flexibility index (Phi) is 3.53. The van der Waals surface area contributed by atoms with Gasteiger partial charge in [-0.05, 0) is 36.8 Å². The Bertz CT molecular complexity index is 844. The molecule has 0 saturated carbocycles. The zero-order valence-corrected chi connectivity index (χ0v) is 12.8. The summed E-state index contributed by atoms with van der Waals surface area (Å²) in [6.45, 7) is 1.89. The summed E-state index contributed by atoms with van der Waals surface area (Å²) in [5.41, 5.74) is 10.8. The van der Waals surface area contributed by atoms with E-state index in [1.807, 2.05) is 19.1 Å². The summed E-state index contributed by atoms with van der Waals surface area (Å²) in [6, 6.07) is 8.83. The highest BCUT2D eigenvalue weighted by Gasteiger charge is 2.13. The molecule has 0 radical (unpaired) electrons. The van der Waals surface area contributed by atoms with Gasteiger partial charge in [0.25, 0.3) is 5.91 Å². The van der Waals surface area contributed by atoms with E-state index in [-0.39, 0.29) is 5.91 Å². The second-order valence-electron chi connectivity index (χ2n) is 4.65. The molecule has 0 unspecified atom stereocenters. The number of aromatic nitrogens is 1. The first-order chi connectivity index (χ1) is 10.1. The van der Waals surface area contributed by atoms with Gasteiger partial charge in [-0.2, -0.15) is 0 Å². The zero-order valence-electron chi connectivity index (χ0n) is 11.2. The molecule has 2 aromatic carbocycles. The normalized spacial score (nSPS) is 10.8. The van der Waals surface area contributed by atoms with E-state index in [0.29, 0.717) is 27.5 Å². The predicted molar refractivity (Wildman–Crippen MR) is 88.2 cm³/mol. The van der Waals surface area contributed by atoms with E-state index in [1.54, 1.807) is 23.7 Å². The number of nitrogens with one attached hydrogen (secondary N) is 1. The van der Waals surface area contributed by atoms with Crippen molar-refractivity contribution in [2.45, 2.75) is 6.92 Å². The number of hydrogen-bond donors (Lipinski definition) is 2. The van der Waals surface area contributed by atoms with E-state index in [2.05, 4.69) is 10.3 Å². The number of carbonyl (C=O) groups is 1. The van der Waals surface area contributed by atoms with Crippen LogP contribution < -0.4 is 11.1 Å². The van der Waals surface area contributed by atoms with Gasteiger partial charge >= 0.3 is 0 Å². The lowest BCUT2D eigenvalue weighted by Gasteiger charge is -2.09. The number of fused-ring (bicyclic) bond motifs is 1. The second-order valence-corrected chi connectivity index (χ2v) is 5.94. The van der Waals surface area contributed by atoms with Gasteiger partial charge in [0.1, 0.15) is 5.52 Å². The van der Waals surface area contributed by atoms with Crippen molar-refractivity contribution in [3.05, 3.63) is 52.0 Å². The van der Waals surface area contributed by atoms with Gasteiger partial charge in [0.05, 0.1) is 20.9 Å². The second kappa shape index (κ2) is 5.35. The molecule has 4 nitrogen and oxygen atoms in total. The van der Waals surface area contributed by atoms with Gasteiger partial charge in [0.2, 0.25) is 0 Å². The molecular weight excluding hydrogens is 306 g/mol. The summed E-state index contributed by atoms with van der Waals surface area (Å²) in [7, 11) is 0. The van der Waals surface area contributed by atoms with Gasteiger partial charge in [0, 0.05) is 11.3 Å². The van der Waals surface area contributed by atoms with Crippen LogP contribution in [0.15, 0.2) is 35.8 Å². The monoisotopic (exact) mass is 317 g/mol. The van der Waals surface area contributed by atoms with E-state index >= 15 is 0 Å². The minimum atomic E-state index is -0.260. The van der Waals surface area contributed by atoms with Crippen molar-refractivity contribution >= 4 is 50.4 Å². The standard InChI is InChI=1S/C15H12ClN3OS/c1-8-2-3-9(6-11(8)17)15(20)19-13-10(16)4-5-12-14(13)18-7-21-12/h2-7H,17H2,1H3,(H,19,20). The van der Waals surface area contributed by atoms with Crippen molar-refractivity contribution in [2.75, 3.05) is 11.1 Å². The third-order valence-electron chi connectivity index (χ3n) is 3.23. The molecule has 0 aliphatic carbocycles. The minimum absolute atomic E-state index is 0.260. The van der Waals surface area contributed by atoms with Crippen LogP contribution in [0.25, 0.3) is 10.2 Å². The van der Waals surface area contributed by atoms with Crippen LogP contribution in [0.3, 0.4) is 0 Å². The van der Waals surface area contributed by atoms with E-state index in [4.69, 9.17) is 17.3 Å². The lowest BCUT2D eigenvalue weighted by molar-refractivity contribution is 0.102. The molecule has 0 fully saturated rings. The smallest absolute Gasteiger partial charge is 0.255 e. The predicted octanol–water partition coefficient (Wildman–Crippen LogP) is 4.09. The maximum absolute atomic E-state index is 12.3. The van der Waals surface area contributed by atoms with Crippen molar-refractivity contribution in [2.24, 2.45) is 0 Å². The fraction of sp³-hybridized carbons (Fsp3) is 0.0667. The van der Waals surface area contributed by atoms with E-state index in [1.165, 1.54) is 11.3 Å². The molecule has 0 bridgehead atoms. The van der Waals surface area contributed by atoms with Crippen LogP contribution in [-0.2, 0) is 0 Å². The average Bonchev–Trinajstić information content (AvgIpc) is 2.93. The average molecular weight is 318 g/mol. The molecule has 0 aliphatic rings. The highest BCUT2D eigenvalue weighted by Crippen LogP contribution is 2.32. The van der Waals surface area contributed by atoms with E-state index in [9.17, 15) is 4.79 Å². The number of benzene rings is 2. The quantitative estimate of drug-likeness (QED) is 0.699. The van der Waals surface area contributed by atoms with Gasteiger partial charge in [-0.1, -0.05) is 17.7 Å². The first kappa shape index (κ1) is 13.9. The van der Waals surface area contributed by atoms with Gasteiger partial charge in [-0.15, -0.1) is 11.3 Å². The number of carbonyl (C=O) groups excluding carboxylic acids is 1. The lowest BCUT2D eigenvalue weighted by Crippen LogP contribution is -2.13. The van der Waals surface area contributed by atoms with E-state index < -0.39 is 0 Å². The van der Waals surface area contributed by atoms with Crippen molar-refractivity contribution in [3.63, 3.8) is 0 Å². The lowest BCUT2D eigenvalue weighted by atomic mass is 10.1. The summed E-state index contributed by atoms with van der Waals surface area (Å²) in [4.78, 5) is 16.6. The van der Waals surface area contributed by atoms with Gasteiger partial charge in [-0.25, -0.2) is 4.98 Å². The van der Waals surface area contributed by atoms with Gasteiger partial charge < -0.3 is 11.1 Å². The fourth-order valence-electron chi connectivity index (χ4n) is 1.99. The van der Waals surface area contributed by atoms with Crippen LogP contribution in [0.4, 0.5) is 11.4 Å². The molecule has 0 atom stereocenters. The number of halogens is 1. The number of nitrogen functional groups attached to an aromatic ring is 1. The molecule has 6 heteroatoms. The number of nitrogens with two attached hydrogens (primary N) is 1. The van der Waals surface area contributed by atoms with Crippen LogP contribution in [0, 0.1) is 6.92 Å². The summed E-state index contributed by atoms with van der Waals surface area (Å²) in [6.07, 6.45) is 0. The molecule has 21 heavy (non-hydrogen) atoms. The molecule has 0 aliphatic heterocycles. The third-order valence-corrected chi connectivity index (χ3v) is 4.34. The number of hydrogen-bond acceptors (Lipinski definition) is 4. The number of anilines is 2. The number of rotatable bonds is 2. The first-order valence-electron chi connectivity index (χ1n) is 6.25. The molecule has 0 saturated heterocycles. The molecule has 3 aromatic rings. The summed E-state index contributed by atoms with van der Waals surface area (Å²) in [5, 5.41) is 3.28. The number of amides is 1. The van der Waals surface area contributed by atoms with Crippen LogP contribution in [0.2, 0.25) is 5.02 Å². The molecular formula is C15H12ClN3OS. The Morgan fingerprint density at radius 3 is 2.90 bits per heavy atom. The van der Waals surface area contributed by atoms with Crippen LogP contribution in [0.1, 0.15) is 15.9 Å². The summed E-state index contributed by atoms with van der Waals surface area (Å²) >= 11 is 7.67. The summed E-state index contributed by atoms with van der Waals surface area (Å²) in [5.74, 6) is -0.260. The Hall–Kier alpha value is -2.11. The molecule has 1 heterocycles. The van der Waals surface area contributed by atoms with Crippen molar-refractivity contribution in [3.8, 4) is 0 Å². The fourth-order valence-corrected chi connectivity index (χ4v) is 2.88. The minimum Gasteiger partial charge on any atom is -0.398 e. The largest absolute Gasteiger partial charge is 0.398 e. The summed E-state index contributed by atoms with van der Waals surface area (Å²) < 4.78 is 0.970. The third kappa shape index (κ3) is 2.57. The Morgan fingerprint density at radius 2 is 2.14 bits per heavy atom. The SMILES string of the molecule is Cc1ccc(C(=O)Nc2c(Cl)ccc3scnc23)cc1N. The molecule has 0 spiro atoms. The van der Waals surface area contributed by atoms with Crippen LogP contribution in [-0.4, -0.2) is 10.9 Å². The number of thiazole rings is 1. The maximum Gasteiger partial charge on any atom is 0.255 e. The molecule has 106 valence electrons. The topological polar surface area (TPSA) is 68.0 Å². The van der Waals surface area contributed by atoms with Gasteiger partial charge in [0.15, 0.2) is 0 Å². The molecule has 1 aromatic heterocycles. The number of aryl methyl sites for hydroxylation is 1. The van der Waals surface area contributed by atoms with Crippen molar-refractivity contribution < 1.29 is 4.79 Å². The van der Waals surface area contributed by atoms with Crippen molar-refractivity contribution in [1.82, 2.24) is 4.98 Å². The molecule has 3 rings (SSSR count). The molecule has 3 N–H and O–H groups in total.